The minimum absolute atomic E-state index is 0.118. The molecule has 0 heterocycles. The molecule has 1 aromatic rings. The molecule has 1 rings (SSSR count). The van der Waals surface area contributed by atoms with Gasteiger partial charge in [0.2, 0.25) is 5.91 Å². The van der Waals surface area contributed by atoms with Gasteiger partial charge in [-0.15, -0.1) is 0 Å². The summed E-state index contributed by atoms with van der Waals surface area (Å²) in [5.74, 6) is 0.118. The highest BCUT2D eigenvalue weighted by molar-refractivity contribution is 5.76. The van der Waals surface area contributed by atoms with E-state index in [1.807, 2.05) is 24.3 Å². The van der Waals surface area contributed by atoms with Crippen LogP contribution in [0, 0.1) is 5.41 Å². The third kappa shape index (κ3) is 5.82. The van der Waals surface area contributed by atoms with Crippen LogP contribution in [0.2, 0.25) is 0 Å². The van der Waals surface area contributed by atoms with Crippen molar-refractivity contribution >= 4 is 5.91 Å². The molecule has 0 atom stereocenters. The van der Waals surface area contributed by atoms with Gasteiger partial charge in [-0.05, 0) is 23.0 Å². The van der Waals surface area contributed by atoms with E-state index in [0.717, 1.165) is 18.5 Å². The predicted octanol–water partition coefficient (Wildman–Crippen LogP) is 2.24. The van der Waals surface area contributed by atoms with E-state index in [0.29, 0.717) is 13.0 Å². The minimum Gasteiger partial charge on any atom is -0.356 e. The Morgan fingerprint density at radius 1 is 1.17 bits per heavy atom. The number of amides is 1. The quantitative estimate of drug-likeness (QED) is 0.839. The van der Waals surface area contributed by atoms with Gasteiger partial charge < -0.3 is 11.1 Å². The normalized spacial score (nSPS) is 11.3. The molecule has 3 N–H and O–H groups in total. The molecule has 1 amide bonds. The largest absolute Gasteiger partial charge is 0.356 e. The van der Waals surface area contributed by atoms with Gasteiger partial charge in [-0.1, -0.05) is 45.0 Å². The van der Waals surface area contributed by atoms with Crippen LogP contribution in [0.15, 0.2) is 24.3 Å². The molecule has 0 fully saturated rings. The molecule has 0 bridgehead atoms. The molecule has 0 radical (unpaired) electrons. The van der Waals surface area contributed by atoms with Crippen LogP contribution >= 0.6 is 0 Å². The average Bonchev–Trinajstić information content (AvgIpc) is 2.33. The number of hydrogen-bond donors (Lipinski definition) is 2. The van der Waals surface area contributed by atoms with Gasteiger partial charge in [0.1, 0.15) is 0 Å². The van der Waals surface area contributed by atoms with E-state index in [-0.39, 0.29) is 11.3 Å². The highest BCUT2D eigenvalue weighted by Gasteiger charge is 2.11. The highest BCUT2D eigenvalue weighted by atomic mass is 16.1. The zero-order valence-electron chi connectivity index (χ0n) is 11.6. The van der Waals surface area contributed by atoms with Crippen LogP contribution in [0.5, 0.6) is 0 Å². The standard InChI is InChI=1S/C15H24N2O/c1-15(2,3)11-17-14(18)9-8-12-4-6-13(10-16)7-5-12/h4-7H,8-11,16H2,1-3H3,(H,17,18). The molecule has 3 nitrogen and oxygen atoms in total. The third-order valence-corrected chi connectivity index (χ3v) is 2.72. The zero-order valence-corrected chi connectivity index (χ0v) is 11.6. The molecule has 100 valence electrons. The molecule has 3 heteroatoms. The molecule has 0 saturated carbocycles. The number of hydrogen-bond acceptors (Lipinski definition) is 2. The maximum atomic E-state index is 11.7. The maximum Gasteiger partial charge on any atom is 0.220 e. The Labute approximate surface area is 110 Å². The summed E-state index contributed by atoms with van der Waals surface area (Å²) >= 11 is 0. The van der Waals surface area contributed by atoms with Gasteiger partial charge >= 0.3 is 0 Å². The van der Waals surface area contributed by atoms with Crippen LogP contribution < -0.4 is 11.1 Å². The van der Waals surface area contributed by atoms with E-state index in [1.165, 1.54) is 5.56 Å². The Morgan fingerprint density at radius 2 is 1.72 bits per heavy atom. The Kier molecular flexibility index (Phi) is 5.35. The van der Waals surface area contributed by atoms with E-state index in [2.05, 4.69) is 26.1 Å². The monoisotopic (exact) mass is 248 g/mol. The SMILES string of the molecule is CC(C)(C)CNC(=O)CCc1ccc(CN)cc1. The lowest BCUT2D eigenvalue weighted by Crippen LogP contribution is -2.32. The molecule has 1 aromatic carbocycles. The summed E-state index contributed by atoms with van der Waals surface area (Å²) in [6, 6.07) is 8.11. The van der Waals surface area contributed by atoms with Gasteiger partial charge in [0.25, 0.3) is 0 Å². The fourth-order valence-corrected chi connectivity index (χ4v) is 1.55. The number of nitrogens with one attached hydrogen (secondary N) is 1. The maximum absolute atomic E-state index is 11.7. The molecule has 0 aliphatic heterocycles. The van der Waals surface area contributed by atoms with E-state index in [9.17, 15) is 4.79 Å². The lowest BCUT2D eigenvalue weighted by Gasteiger charge is -2.18. The third-order valence-electron chi connectivity index (χ3n) is 2.72. The van der Waals surface area contributed by atoms with Gasteiger partial charge in [-0.25, -0.2) is 0 Å². The summed E-state index contributed by atoms with van der Waals surface area (Å²) < 4.78 is 0. The Balaban J connectivity index is 2.33. The van der Waals surface area contributed by atoms with Gasteiger partial charge in [-0.3, -0.25) is 4.79 Å². The summed E-state index contributed by atoms with van der Waals surface area (Å²) in [4.78, 5) is 11.7. The molecule has 0 unspecified atom stereocenters. The first-order valence-electron chi connectivity index (χ1n) is 6.45. The topological polar surface area (TPSA) is 55.1 Å². The van der Waals surface area contributed by atoms with Gasteiger partial charge in [-0.2, -0.15) is 0 Å². The highest BCUT2D eigenvalue weighted by Crippen LogP contribution is 2.11. The van der Waals surface area contributed by atoms with Crippen LogP contribution in [0.4, 0.5) is 0 Å². The number of rotatable bonds is 5. The number of aryl methyl sites for hydroxylation is 1. The molecule has 0 aliphatic rings. The van der Waals surface area contributed by atoms with Crippen LogP contribution in [0.3, 0.4) is 0 Å². The zero-order chi connectivity index (χ0) is 13.6. The molecule has 0 aromatic heterocycles. The van der Waals surface area contributed by atoms with Gasteiger partial charge in [0, 0.05) is 19.5 Å². The van der Waals surface area contributed by atoms with Crippen LogP contribution in [-0.2, 0) is 17.8 Å². The summed E-state index contributed by atoms with van der Waals surface area (Å²) in [5.41, 5.74) is 7.98. The molecular weight excluding hydrogens is 224 g/mol. The Morgan fingerprint density at radius 3 is 2.22 bits per heavy atom. The van der Waals surface area contributed by atoms with Crippen LogP contribution in [0.1, 0.15) is 38.3 Å². The number of nitrogens with two attached hydrogens (primary N) is 1. The van der Waals surface area contributed by atoms with Crippen molar-refractivity contribution < 1.29 is 4.79 Å². The van der Waals surface area contributed by atoms with Crippen LogP contribution in [0.25, 0.3) is 0 Å². The number of benzene rings is 1. The van der Waals surface area contributed by atoms with E-state index in [4.69, 9.17) is 5.73 Å². The van der Waals surface area contributed by atoms with Crippen molar-refractivity contribution in [3.8, 4) is 0 Å². The van der Waals surface area contributed by atoms with Crippen LogP contribution in [-0.4, -0.2) is 12.5 Å². The Bertz CT molecular complexity index is 376. The van der Waals surface area contributed by atoms with Crippen molar-refractivity contribution in [1.29, 1.82) is 0 Å². The number of carbonyl (C=O) groups is 1. The van der Waals surface area contributed by atoms with Crippen molar-refractivity contribution in [3.05, 3.63) is 35.4 Å². The van der Waals surface area contributed by atoms with E-state index < -0.39 is 0 Å². The number of carbonyl (C=O) groups excluding carboxylic acids is 1. The van der Waals surface area contributed by atoms with E-state index >= 15 is 0 Å². The molecule has 0 saturated heterocycles. The fraction of sp³-hybridized carbons (Fsp3) is 0.533. The summed E-state index contributed by atoms with van der Waals surface area (Å²) in [5, 5.41) is 2.96. The summed E-state index contributed by atoms with van der Waals surface area (Å²) in [6.45, 7) is 7.61. The average molecular weight is 248 g/mol. The second kappa shape index (κ2) is 6.55. The smallest absolute Gasteiger partial charge is 0.220 e. The first kappa shape index (κ1) is 14.7. The molecule has 0 spiro atoms. The van der Waals surface area contributed by atoms with Gasteiger partial charge in [0.05, 0.1) is 0 Å². The summed E-state index contributed by atoms with van der Waals surface area (Å²) in [6.07, 6.45) is 1.32. The lowest BCUT2D eigenvalue weighted by molar-refractivity contribution is -0.121. The second-order valence-electron chi connectivity index (χ2n) is 5.86. The van der Waals surface area contributed by atoms with Crippen molar-refractivity contribution in [2.45, 2.75) is 40.2 Å². The molecular formula is C15H24N2O. The van der Waals surface area contributed by atoms with Crippen molar-refractivity contribution in [2.75, 3.05) is 6.54 Å². The van der Waals surface area contributed by atoms with Gasteiger partial charge in [0.15, 0.2) is 0 Å². The lowest BCUT2D eigenvalue weighted by atomic mass is 9.97. The van der Waals surface area contributed by atoms with Crippen molar-refractivity contribution in [1.82, 2.24) is 5.32 Å². The molecule has 0 aliphatic carbocycles. The van der Waals surface area contributed by atoms with E-state index in [1.54, 1.807) is 0 Å². The fourth-order valence-electron chi connectivity index (χ4n) is 1.55. The van der Waals surface area contributed by atoms with Crippen molar-refractivity contribution in [2.24, 2.45) is 11.1 Å². The summed E-state index contributed by atoms with van der Waals surface area (Å²) in [7, 11) is 0. The molecule has 18 heavy (non-hydrogen) atoms. The predicted molar refractivity (Wildman–Crippen MR) is 75.1 cm³/mol. The van der Waals surface area contributed by atoms with Crippen molar-refractivity contribution in [3.63, 3.8) is 0 Å². The first-order valence-corrected chi connectivity index (χ1v) is 6.45. The Hall–Kier alpha value is -1.35. The minimum atomic E-state index is 0.118. The first-order chi connectivity index (χ1) is 8.40. The second-order valence-corrected chi connectivity index (χ2v) is 5.86.